The lowest BCUT2D eigenvalue weighted by atomic mass is 9.95. The summed E-state index contributed by atoms with van der Waals surface area (Å²) >= 11 is 0. The average molecular weight is 366 g/mol. The van der Waals surface area contributed by atoms with Crippen LogP contribution in [0.2, 0.25) is 0 Å². The molecule has 1 atom stereocenters. The van der Waals surface area contributed by atoms with E-state index in [9.17, 15) is 4.79 Å². The number of carbonyl (C=O) groups excluding carboxylic acids is 1. The normalized spacial score (nSPS) is 20.2. The first-order valence-electron chi connectivity index (χ1n) is 9.61. The molecule has 1 aromatic heterocycles. The zero-order valence-corrected chi connectivity index (χ0v) is 16.0. The molecule has 2 aliphatic heterocycles. The number of likely N-dealkylation sites (N-methyl/N-ethyl adjacent to an activating group) is 1. The fourth-order valence-corrected chi connectivity index (χ4v) is 4.03. The van der Waals surface area contributed by atoms with Crippen molar-refractivity contribution in [3.8, 4) is 5.75 Å². The number of ether oxygens (including phenoxy) is 1. The van der Waals surface area contributed by atoms with E-state index < -0.39 is 0 Å². The number of methoxy groups -OCH3 is 1. The van der Waals surface area contributed by atoms with Gasteiger partial charge in [-0.3, -0.25) is 4.79 Å². The van der Waals surface area contributed by atoms with E-state index in [1.54, 1.807) is 7.11 Å². The first-order chi connectivity index (χ1) is 13.2. The minimum atomic E-state index is 0.0248. The van der Waals surface area contributed by atoms with Crippen molar-refractivity contribution in [1.82, 2.24) is 19.8 Å². The van der Waals surface area contributed by atoms with Crippen molar-refractivity contribution in [2.45, 2.75) is 31.7 Å². The van der Waals surface area contributed by atoms with Gasteiger partial charge in [0.05, 0.1) is 12.7 Å². The number of aromatic nitrogens is 2. The predicted octanol–water partition coefficient (Wildman–Crippen LogP) is 2.49. The second-order valence-electron chi connectivity index (χ2n) is 7.48. The number of rotatable bonds is 3. The van der Waals surface area contributed by atoms with E-state index in [0.29, 0.717) is 17.9 Å². The van der Waals surface area contributed by atoms with Gasteiger partial charge in [-0.1, -0.05) is 12.1 Å². The molecular weight excluding hydrogens is 340 g/mol. The highest BCUT2D eigenvalue weighted by atomic mass is 16.5. The van der Waals surface area contributed by atoms with Gasteiger partial charge < -0.3 is 14.5 Å². The van der Waals surface area contributed by atoms with E-state index in [1.807, 2.05) is 35.4 Å². The van der Waals surface area contributed by atoms with Crippen LogP contribution in [0.15, 0.2) is 30.5 Å². The van der Waals surface area contributed by atoms with Gasteiger partial charge in [0.2, 0.25) is 0 Å². The molecule has 2 aliphatic rings. The van der Waals surface area contributed by atoms with Gasteiger partial charge in [-0.25, -0.2) is 9.97 Å². The molecule has 0 saturated carbocycles. The molecule has 1 saturated heterocycles. The average Bonchev–Trinajstić information content (AvgIpc) is 2.73. The van der Waals surface area contributed by atoms with Crippen molar-refractivity contribution < 1.29 is 9.53 Å². The Morgan fingerprint density at radius 3 is 2.96 bits per heavy atom. The third-order valence-corrected chi connectivity index (χ3v) is 5.55. The maximum atomic E-state index is 13.0. The Bertz CT molecular complexity index is 839. The highest BCUT2D eigenvalue weighted by Crippen LogP contribution is 2.28. The van der Waals surface area contributed by atoms with Crippen LogP contribution < -0.4 is 4.74 Å². The molecule has 6 nitrogen and oxygen atoms in total. The number of benzene rings is 1. The first-order valence-corrected chi connectivity index (χ1v) is 9.61. The van der Waals surface area contributed by atoms with Crippen LogP contribution in [0, 0.1) is 0 Å². The molecule has 3 heterocycles. The lowest BCUT2D eigenvalue weighted by molar-refractivity contribution is 0.0701. The molecule has 0 N–H and O–H groups in total. The Kier molecular flexibility index (Phi) is 5.07. The van der Waals surface area contributed by atoms with Crippen LogP contribution >= 0.6 is 0 Å². The third-order valence-electron chi connectivity index (χ3n) is 5.55. The zero-order chi connectivity index (χ0) is 18.8. The third kappa shape index (κ3) is 3.67. The highest BCUT2D eigenvalue weighted by Gasteiger charge is 2.29. The molecule has 1 amide bonds. The summed E-state index contributed by atoms with van der Waals surface area (Å²) < 4.78 is 5.36. The fourth-order valence-electron chi connectivity index (χ4n) is 4.03. The number of hydrogen-bond donors (Lipinski definition) is 0. The molecular formula is C21H26N4O2. The van der Waals surface area contributed by atoms with E-state index in [2.05, 4.69) is 16.9 Å². The smallest absolute Gasteiger partial charge is 0.257 e. The quantitative estimate of drug-likeness (QED) is 0.835. The van der Waals surface area contributed by atoms with Crippen LogP contribution in [-0.4, -0.2) is 59.5 Å². The molecule has 0 radical (unpaired) electrons. The fraction of sp³-hybridized carbons (Fsp3) is 0.476. The molecule has 6 heteroatoms. The maximum absolute atomic E-state index is 13.0. The van der Waals surface area contributed by atoms with E-state index in [0.717, 1.165) is 44.7 Å². The number of nitrogens with zero attached hydrogens (tertiary/aromatic N) is 4. The Labute approximate surface area is 160 Å². The molecule has 4 rings (SSSR count). The number of carbonyl (C=O) groups is 1. The van der Waals surface area contributed by atoms with Crippen LogP contribution in [0.5, 0.6) is 5.75 Å². The largest absolute Gasteiger partial charge is 0.496 e. The van der Waals surface area contributed by atoms with Crippen LogP contribution in [0.3, 0.4) is 0 Å². The van der Waals surface area contributed by atoms with Crippen molar-refractivity contribution in [2.75, 3.05) is 33.8 Å². The van der Waals surface area contributed by atoms with Crippen LogP contribution in [0.4, 0.5) is 0 Å². The molecule has 1 aromatic carbocycles. The van der Waals surface area contributed by atoms with Crippen LogP contribution in [-0.2, 0) is 13.0 Å². The molecule has 142 valence electrons. The lowest BCUT2D eigenvalue weighted by Gasteiger charge is -2.33. The van der Waals surface area contributed by atoms with E-state index in [1.165, 1.54) is 11.3 Å². The van der Waals surface area contributed by atoms with E-state index in [-0.39, 0.29) is 11.8 Å². The van der Waals surface area contributed by atoms with Gasteiger partial charge in [-0.05, 0) is 32.0 Å². The van der Waals surface area contributed by atoms with Crippen molar-refractivity contribution in [1.29, 1.82) is 0 Å². The SMILES string of the molecule is COc1ccccc1C(=O)N1CCCC(c2ncc3c(n2)CCN(C)C3)C1. The zero-order valence-electron chi connectivity index (χ0n) is 16.0. The summed E-state index contributed by atoms with van der Waals surface area (Å²) in [5, 5.41) is 0. The molecule has 1 fully saturated rings. The molecule has 0 aliphatic carbocycles. The van der Waals surface area contributed by atoms with Gasteiger partial charge >= 0.3 is 0 Å². The summed E-state index contributed by atoms with van der Waals surface area (Å²) in [5.41, 5.74) is 3.02. The minimum Gasteiger partial charge on any atom is -0.496 e. The molecule has 1 unspecified atom stereocenters. The van der Waals surface area contributed by atoms with Gasteiger partial charge in [0, 0.05) is 56.0 Å². The Hall–Kier alpha value is -2.47. The Morgan fingerprint density at radius 2 is 2.11 bits per heavy atom. The number of piperidine rings is 1. The number of fused-ring (bicyclic) bond motifs is 1. The van der Waals surface area contributed by atoms with Gasteiger partial charge in [0.15, 0.2) is 0 Å². The maximum Gasteiger partial charge on any atom is 0.257 e. The lowest BCUT2D eigenvalue weighted by Crippen LogP contribution is -2.40. The standard InChI is InChI=1S/C21H26N4O2/c1-24-11-9-18-16(13-24)12-22-20(23-18)15-6-5-10-25(14-15)21(26)17-7-3-4-8-19(17)27-2/h3-4,7-8,12,15H,5-6,9-11,13-14H2,1-2H3. The van der Waals surface area contributed by atoms with Crippen molar-refractivity contribution in [2.24, 2.45) is 0 Å². The Morgan fingerprint density at radius 1 is 1.26 bits per heavy atom. The monoisotopic (exact) mass is 366 g/mol. The van der Waals surface area contributed by atoms with Crippen LogP contribution in [0.1, 0.15) is 46.2 Å². The molecule has 0 spiro atoms. The summed E-state index contributed by atoms with van der Waals surface area (Å²) in [6.07, 6.45) is 4.94. The van der Waals surface area contributed by atoms with Gasteiger partial charge in [0.1, 0.15) is 11.6 Å². The second kappa shape index (κ2) is 7.64. The first kappa shape index (κ1) is 17.9. The number of para-hydroxylation sites is 1. The number of amides is 1. The topological polar surface area (TPSA) is 58.6 Å². The molecule has 2 aromatic rings. The van der Waals surface area contributed by atoms with Gasteiger partial charge in [0.25, 0.3) is 5.91 Å². The van der Waals surface area contributed by atoms with Crippen molar-refractivity contribution >= 4 is 5.91 Å². The van der Waals surface area contributed by atoms with Crippen molar-refractivity contribution in [3.63, 3.8) is 0 Å². The second-order valence-corrected chi connectivity index (χ2v) is 7.48. The summed E-state index contributed by atoms with van der Waals surface area (Å²) in [6, 6.07) is 7.42. The summed E-state index contributed by atoms with van der Waals surface area (Å²) in [5.74, 6) is 1.73. The Balaban J connectivity index is 1.52. The summed E-state index contributed by atoms with van der Waals surface area (Å²) in [7, 11) is 3.73. The molecule has 0 bridgehead atoms. The number of hydrogen-bond acceptors (Lipinski definition) is 5. The number of likely N-dealkylation sites (tertiary alicyclic amines) is 1. The summed E-state index contributed by atoms with van der Waals surface area (Å²) in [6.45, 7) is 3.38. The molecule has 27 heavy (non-hydrogen) atoms. The van der Waals surface area contributed by atoms with E-state index >= 15 is 0 Å². The highest BCUT2D eigenvalue weighted by molar-refractivity contribution is 5.97. The predicted molar refractivity (Wildman–Crippen MR) is 103 cm³/mol. The summed E-state index contributed by atoms with van der Waals surface area (Å²) in [4.78, 5) is 26.8. The van der Waals surface area contributed by atoms with Gasteiger partial charge in [-0.15, -0.1) is 0 Å². The van der Waals surface area contributed by atoms with Crippen molar-refractivity contribution in [3.05, 3.63) is 53.1 Å². The minimum absolute atomic E-state index is 0.0248. The van der Waals surface area contributed by atoms with E-state index in [4.69, 9.17) is 9.72 Å². The van der Waals surface area contributed by atoms with Crippen LogP contribution in [0.25, 0.3) is 0 Å². The van der Waals surface area contributed by atoms with Gasteiger partial charge in [-0.2, -0.15) is 0 Å².